The number of nitrogens with zero attached hydrogens (tertiary/aromatic N) is 2. The third-order valence-corrected chi connectivity index (χ3v) is 5.62. The number of morpholine rings is 1. The number of hydrogen-bond donors (Lipinski definition) is 1. The van der Waals surface area contributed by atoms with Gasteiger partial charge in [-0.3, -0.25) is 0 Å². The zero-order valence-electron chi connectivity index (χ0n) is 15.4. The molecule has 6 nitrogen and oxygen atoms in total. The van der Waals surface area contributed by atoms with Crippen molar-refractivity contribution in [2.45, 2.75) is 44.7 Å². The van der Waals surface area contributed by atoms with Crippen LogP contribution in [-0.2, 0) is 11.3 Å². The highest BCUT2D eigenvalue weighted by Gasteiger charge is 2.24. The highest BCUT2D eigenvalue weighted by atomic mass is 16.5. The lowest BCUT2D eigenvalue weighted by Gasteiger charge is -2.30. The first-order valence-corrected chi connectivity index (χ1v) is 9.93. The summed E-state index contributed by atoms with van der Waals surface area (Å²) in [6.45, 7) is 5.12. The quantitative estimate of drug-likeness (QED) is 0.882. The fraction of sp³-hybridized carbons (Fsp3) is 0.650. The number of rotatable bonds is 2. The van der Waals surface area contributed by atoms with E-state index in [0.29, 0.717) is 25.7 Å². The topological polar surface area (TPSA) is 54.0 Å². The molecule has 1 N–H and O–H groups in total. The molecular weight excluding hydrogens is 330 g/mol. The minimum Gasteiger partial charge on any atom is -0.491 e. The van der Waals surface area contributed by atoms with Crippen LogP contribution in [0.25, 0.3) is 0 Å². The van der Waals surface area contributed by atoms with Crippen LogP contribution in [0.4, 0.5) is 10.5 Å². The predicted molar refractivity (Wildman–Crippen MR) is 101 cm³/mol. The fourth-order valence-electron chi connectivity index (χ4n) is 4.09. The van der Waals surface area contributed by atoms with Crippen LogP contribution in [0.1, 0.15) is 37.7 Å². The number of hydrogen-bond acceptors (Lipinski definition) is 4. The summed E-state index contributed by atoms with van der Waals surface area (Å²) in [6, 6.07) is 6.71. The van der Waals surface area contributed by atoms with E-state index < -0.39 is 0 Å². The first kappa shape index (κ1) is 17.5. The molecule has 142 valence electrons. The molecule has 1 aliphatic carbocycles. The molecule has 2 aliphatic heterocycles. The molecule has 0 atom stereocenters. The van der Waals surface area contributed by atoms with E-state index in [9.17, 15) is 4.79 Å². The van der Waals surface area contributed by atoms with Gasteiger partial charge in [0.25, 0.3) is 0 Å². The summed E-state index contributed by atoms with van der Waals surface area (Å²) in [5.41, 5.74) is 2.27. The molecule has 1 aromatic rings. The van der Waals surface area contributed by atoms with E-state index in [1.165, 1.54) is 24.9 Å². The minimum absolute atomic E-state index is 0.0464. The van der Waals surface area contributed by atoms with E-state index in [1.54, 1.807) is 0 Å². The number of carbonyl (C=O) groups is 1. The third kappa shape index (κ3) is 4.06. The normalized spacial score (nSPS) is 21.5. The van der Waals surface area contributed by atoms with Gasteiger partial charge in [0.1, 0.15) is 12.4 Å². The Labute approximate surface area is 155 Å². The number of fused-ring (bicyclic) bond motifs is 1. The Balaban J connectivity index is 1.45. The zero-order valence-corrected chi connectivity index (χ0v) is 15.4. The SMILES string of the molecule is O=C(NC1CCCCC1)N1CCOc2ccc(N3CCOCC3)cc2C1. The maximum atomic E-state index is 12.7. The summed E-state index contributed by atoms with van der Waals surface area (Å²) in [7, 11) is 0. The fourth-order valence-corrected chi connectivity index (χ4v) is 4.09. The zero-order chi connectivity index (χ0) is 17.8. The molecule has 1 saturated heterocycles. The van der Waals surface area contributed by atoms with Gasteiger partial charge in [0.15, 0.2) is 0 Å². The molecular formula is C20H29N3O3. The van der Waals surface area contributed by atoms with Gasteiger partial charge in [-0.15, -0.1) is 0 Å². The Morgan fingerprint density at radius 1 is 1.04 bits per heavy atom. The van der Waals surface area contributed by atoms with Gasteiger partial charge >= 0.3 is 6.03 Å². The van der Waals surface area contributed by atoms with Gasteiger partial charge in [0.05, 0.1) is 26.3 Å². The van der Waals surface area contributed by atoms with Crippen LogP contribution >= 0.6 is 0 Å². The van der Waals surface area contributed by atoms with E-state index in [1.807, 2.05) is 11.0 Å². The molecule has 1 saturated carbocycles. The van der Waals surface area contributed by atoms with E-state index in [4.69, 9.17) is 9.47 Å². The van der Waals surface area contributed by atoms with Crippen molar-refractivity contribution in [3.05, 3.63) is 23.8 Å². The lowest BCUT2D eigenvalue weighted by molar-refractivity contribution is 0.122. The minimum atomic E-state index is 0.0464. The van der Waals surface area contributed by atoms with Crippen LogP contribution < -0.4 is 15.0 Å². The molecule has 2 fully saturated rings. The van der Waals surface area contributed by atoms with Gasteiger partial charge in [-0.05, 0) is 31.0 Å². The van der Waals surface area contributed by atoms with Crippen LogP contribution in [0.2, 0.25) is 0 Å². The highest BCUT2D eigenvalue weighted by Crippen LogP contribution is 2.29. The van der Waals surface area contributed by atoms with Crippen molar-refractivity contribution in [1.29, 1.82) is 0 Å². The molecule has 3 aliphatic rings. The second-order valence-corrected chi connectivity index (χ2v) is 7.45. The van der Waals surface area contributed by atoms with Gasteiger partial charge in [-0.1, -0.05) is 19.3 Å². The van der Waals surface area contributed by atoms with Crippen LogP contribution in [0, 0.1) is 0 Å². The number of carbonyl (C=O) groups excluding carboxylic acids is 1. The average molecular weight is 359 g/mol. The smallest absolute Gasteiger partial charge is 0.318 e. The van der Waals surface area contributed by atoms with Crippen molar-refractivity contribution in [3.63, 3.8) is 0 Å². The van der Waals surface area contributed by atoms with Crippen molar-refractivity contribution in [2.24, 2.45) is 0 Å². The van der Waals surface area contributed by atoms with Crippen LogP contribution in [0.5, 0.6) is 5.75 Å². The summed E-state index contributed by atoms with van der Waals surface area (Å²) < 4.78 is 11.3. The molecule has 0 unspecified atom stereocenters. The van der Waals surface area contributed by atoms with Crippen molar-refractivity contribution in [2.75, 3.05) is 44.4 Å². The molecule has 2 heterocycles. The molecule has 0 aromatic heterocycles. The number of anilines is 1. The van der Waals surface area contributed by atoms with E-state index >= 15 is 0 Å². The maximum absolute atomic E-state index is 12.7. The third-order valence-electron chi connectivity index (χ3n) is 5.62. The Morgan fingerprint density at radius 2 is 1.85 bits per heavy atom. The van der Waals surface area contributed by atoms with Crippen molar-refractivity contribution < 1.29 is 14.3 Å². The largest absolute Gasteiger partial charge is 0.491 e. The molecule has 1 aromatic carbocycles. The lowest BCUT2D eigenvalue weighted by Crippen LogP contribution is -2.45. The standard InChI is InChI=1S/C20H29N3O3/c24-20(21-17-4-2-1-3-5-17)23-10-13-26-19-7-6-18(14-16(19)15-23)22-8-11-25-12-9-22/h6-7,14,17H,1-5,8-13,15H2,(H,21,24). The molecule has 26 heavy (non-hydrogen) atoms. The molecule has 0 spiro atoms. The summed E-state index contributed by atoms with van der Waals surface area (Å²) in [6.07, 6.45) is 5.95. The first-order valence-electron chi connectivity index (χ1n) is 9.93. The number of ether oxygens (including phenoxy) is 2. The number of urea groups is 1. The molecule has 0 radical (unpaired) electrons. The highest BCUT2D eigenvalue weighted by molar-refractivity contribution is 5.75. The number of amides is 2. The van der Waals surface area contributed by atoms with Gasteiger partial charge in [-0.2, -0.15) is 0 Å². The van der Waals surface area contributed by atoms with Gasteiger partial charge in [-0.25, -0.2) is 4.79 Å². The predicted octanol–water partition coefficient (Wildman–Crippen LogP) is 2.76. The van der Waals surface area contributed by atoms with E-state index in [0.717, 1.165) is 50.5 Å². The van der Waals surface area contributed by atoms with Crippen LogP contribution in [0.3, 0.4) is 0 Å². The Bertz CT molecular complexity index is 625. The Kier molecular flexibility index (Phi) is 5.48. The van der Waals surface area contributed by atoms with Gasteiger partial charge in [0.2, 0.25) is 0 Å². The Hall–Kier alpha value is -1.95. The molecule has 4 rings (SSSR count). The summed E-state index contributed by atoms with van der Waals surface area (Å²) in [4.78, 5) is 17.0. The summed E-state index contributed by atoms with van der Waals surface area (Å²) in [5.74, 6) is 0.898. The first-order chi connectivity index (χ1) is 12.8. The second kappa shape index (κ2) is 8.16. The summed E-state index contributed by atoms with van der Waals surface area (Å²) in [5, 5.41) is 3.23. The van der Waals surface area contributed by atoms with E-state index in [2.05, 4.69) is 22.3 Å². The summed E-state index contributed by atoms with van der Waals surface area (Å²) >= 11 is 0. The second-order valence-electron chi connectivity index (χ2n) is 7.45. The monoisotopic (exact) mass is 359 g/mol. The lowest BCUT2D eigenvalue weighted by atomic mass is 9.96. The number of benzene rings is 1. The molecule has 2 amide bonds. The van der Waals surface area contributed by atoms with Crippen molar-refractivity contribution >= 4 is 11.7 Å². The Morgan fingerprint density at radius 3 is 2.65 bits per heavy atom. The molecule has 6 heteroatoms. The van der Waals surface area contributed by atoms with Crippen molar-refractivity contribution in [3.8, 4) is 5.75 Å². The van der Waals surface area contributed by atoms with Crippen molar-refractivity contribution in [1.82, 2.24) is 10.2 Å². The van der Waals surface area contributed by atoms with Gasteiger partial charge < -0.3 is 24.6 Å². The average Bonchev–Trinajstić information content (AvgIpc) is 2.91. The molecule has 0 bridgehead atoms. The van der Waals surface area contributed by atoms with E-state index in [-0.39, 0.29) is 6.03 Å². The van der Waals surface area contributed by atoms with Gasteiger partial charge in [0, 0.05) is 30.4 Å². The maximum Gasteiger partial charge on any atom is 0.318 e. The van der Waals surface area contributed by atoms with Crippen LogP contribution in [-0.4, -0.2) is 56.4 Å². The number of nitrogens with one attached hydrogen (secondary N) is 1. The van der Waals surface area contributed by atoms with Crippen LogP contribution in [0.15, 0.2) is 18.2 Å².